The van der Waals surface area contributed by atoms with Crippen LogP contribution < -0.4 is 5.32 Å². The van der Waals surface area contributed by atoms with E-state index in [-0.39, 0.29) is 0 Å². The fourth-order valence-electron chi connectivity index (χ4n) is 3.80. The van der Waals surface area contributed by atoms with Crippen molar-refractivity contribution >= 4 is 5.91 Å². The summed E-state index contributed by atoms with van der Waals surface area (Å²) in [5, 5.41) is 3.30. The Labute approximate surface area is 117 Å². The Balaban J connectivity index is 0.000000637. The first kappa shape index (κ1) is 14.8. The highest BCUT2D eigenvalue weighted by atomic mass is 16.2. The summed E-state index contributed by atoms with van der Waals surface area (Å²) in [4.78, 5) is 16.8. The third-order valence-corrected chi connectivity index (χ3v) is 4.77. The van der Waals surface area contributed by atoms with Gasteiger partial charge in [0.05, 0.1) is 0 Å². The summed E-state index contributed by atoms with van der Waals surface area (Å²) in [6, 6.07) is 0. The second kappa shape index (κ2) is 6.23. The van der Waals surface area contributed by atoms with Gasteiger partial charge < -0.3 is 15.1 Å². The Hall–Kier alpha value is -0.610. The van der Waals surface area contributed by atoms with Gasteiger partial charge in [-0.15, -0.1) is 0 Å². The van der Waals surface area contributed by atoms with Crippen molar-refractivity contribution in [3.8, 4) is 0 Å². The van der Waals surface area contributed by atoms with Crippen molar-refractivity contribution in [3.05, 3.63) is 0 Å². The SMILES string of the molecule is CC.CN1CCC2(CC(C(=O)N3CCNCC3)C2)C1. The van der Waals surface area contributed by atoms with Crippen LogP contribution in [0.4, 0.5) is 0 Å². The Morgan fingerprint density at radius 3 is 2.32 bits per heavy atom. The summed E-state index contributed by atoms with van der Waals surface area (Å²) < 4.78 is 0. The van der Waals surface area contributed by atoms with Crippen molar-refractivity contribution in [1.82, 2.24) is 15.1 Å². The van der Waals surface area contributed by atoms with Crippen molar-refractivity contribution in [2.24, 2.45) is 11.3 Å². The second-order valence-electron chi connectivity index (χ2n) is 6.17. The summed E-state index contributed by atoms with van der Waals surface area (Å²) in [7, 11) is 2.19. The Morgan fingerprint density at radius 1 is 1.16 bits per heavy atom. The number of piperazine rings is 1. The number of carbonyl (C=O) groups excluding carboxylic acids is 1. The topological polar surface area (TPSA) is 35.6 Å². The molecule has 1 aliphatic carbocycles. The second-order valence-corrected chi connectivity index (χ2v) is 6.17. The molecule has 0 aromatic heterocycles. The summed E-state index contributed by atoms with van der Waals surface area (Å²) in [6.07, 6.45) is 3.58. The van der Waals surface area contributed by atoms with Crippen LogP contribution in [0.5, 0.6) is 0 Å². The number of carbonyl (C=O) groups is 1. The van der Waals surface area contributed by atoms with E-state index in [0.717, 1.165) is 39.0 Å². The first-order valence-corrected chi connectivity index (χ1v) is 7.87. The highest BCUT2D eigenvalue weighted by Crippen LogP contribution is 2.51. The van der Waals surface area contributed by atoms with E-state index in [1.807, 2.05) is 13.8 Å². The number of nitrogens with zero attached hydrogens (tertiary/aromatic N) is 2. The zero-order valence-electron chi connectivity index (χ0n) is 12.7. The van der Waals surface area contributed by atoms with Crippen LogP contribution >= 0.6 is 0 Å². The molecule has 4 nitrogen and oxygen atoms in total. The quantitative estimate of drug-likeness (QED) is 0.775. The standard InChI is InChI=1S/C13H23N3O.C2H6/c1-15-5-2-13(10-15)8-11(9-13)12(17)16-6-3-14-4-7-16;1-2/h11,14H,2-10H2,1H3;1-2H3. The Kier molecular flexibility index (Phi) is 4.85. The minimum Gasteiger partial charge on any atom is -0.340 e. The predicted octanol–water partition coefficient (Wildman–Crippen LogP) is 1.18. The molecule has 1 N–H and O–H groups in total. The first-order chi connectivity index (χ1) is 9.19. The molecule has 0 radical (unpaired) electrons. The fourth-order valence-corrected chi connectivity index (χ4v) is 3.80. The molecule has 1 saturated carbocycles. The minimum absolute atomic E-state index is 0.333. The van der Waals surface area contributed by atoms with E-state index in [4.69, 9.17) is 0 Å². The van der Waals surface area contributed by atoms with Crippen LogP contribution in [0.1, 0.15) is 33.1 Å². The fraction of sp³-hybridized carbons (Fsp3) is 0.933. The molecule has 2 saturated heterocycles. The van der Waals surface area contributed by atoms with Gasteiger partial charge in [0.25, 0.3) is 0 Å². The molecule has 0 bridgehead atoms. The zero-order chi connectivity index (χ0) is 13.9. The Bertz CT molecular complexity index is 307. The minimum atomic E-state index is 0.333. The molecule has 2 aliphatic heterocycles. The molecule has 0 aromatic rings. The molecule has 1 amide bonds. The summed E-state index contributed by atoms with van der Waals surface area (Å²) in [5.41, 5.74) is 0.503. The molecule has 4 heteroatoms. The molecular weight excluding hydrogens is 238 g/mol. The third kappa shape index (κ3) is 3.11. The van der Waals surface area contributed by atoms with Crippen molar-refractivity contribution in [2.75, 3.05) is 46.3 Å². The highest BCUT2D eigenvalue weighted by Gasteiger charge is 2.50. The lowest BCUT2D eigenvalue weighted by Crippen LogP contribution is -2.53. The lowest BCUT2D eigenvalue weighted by atomic mass is 9.61. The van der Waals surface area contributed by atoms with Gasteiger partial charge in [-0.25, -0.2) is 0 Å². The molecule has 3 fully saturated rings. The first-order valence-electron chi connectivity index (χ1n) is 7.87. The van der Waals surface area contributed by atoms with Gasteiger partial charge in [-0.1, -0.05) is 13.8 Å². The largest absolute Gasteiger partial charge is 0.340 e. The van der Waals surface area contributed by atoms with Gasteiger partial charge >= 0.3 is 0 Å². The highest BCUT2D eigenvalue weighted by molar-refractivity contribution is 5.80. The third-order valence-electron chi connectivity index (χ3n) is 4.77. The van der Waals surface area contributed by atoms with Crippen molar-refractivity contribution < 1.29 is 4.79 Å². The normalized spacial score (nSPS) is 34.7. The van der Waals surface area contributed by atoms with E-state index in [1.165, 1.54) is 19.5 Å². The van der Waals surface area contributed by atoms with Crippen molar-refractivity contribution in [2.45, 2.75) is 33.1 Å². The molecule has 1 spiro atoms. The van der Waals surface area contributed by atoms with E-state index >= 15 is 0 Å². The number of hydrogen-bond donors (Lipinski definition) is 1. The van der Waals surface area contributed by atoms with Crippen LogP contribution in [0.25, 0.3) is 0 Å². The zero-order valence-corrected chi connectivity index (χ0v) is 12.7. The van der Waals surface area contributed by atoms with Crippen LogP contribution in [-0.4, -0.2) is 62.0 Å². The molecule has 110 valence electrons. The van der Waals surface area contributed by atoms with Crippen LogP contribution in [0.15, 0.2) is 0 Å². The molecule has 3 aliphatic rings. The van der Waals surface area contributed by atoms with Gasteiger partial charge in [0.1, 0.15) is 0 Å². The van der Waals surface area contributed by atoms with E-state index in [2.05, 4.69) is 22.2 Å². The van der Waals surface area contributed by atoms with E-state index in [1.54, 1.807) is 0 Å². The van der Waals surface area contributed by atoms with Gasteiger partial charge in [-0.05, 0) is 38.3 Å². The number of amides is 1. The average molecular weight is 267 g/mol. The predicted molar refractivity (Wildman–Crippen MR) is 78.1 cm³/mol. The molecule has 2 heterocycles. The maximum absolute atomic E-state index is 12.3. The van der Waals surface area contributed by atoms with Crippen molar-refractivity contribution in [3.63, 3.8) is 0 Å². The van der Waals surface area contributed by atoms with Gasteiger partial charge in [0, 0.05) is 38.6 Å². The number of rotatable bonds is 1. The molecule has 0 aromatic carbocycles. The average Bonchev–Trinajstić information content (AvgIpc) is 2.82. The maximum atomic E-state index is 12.3. The molecule has 19 heavy (non-hydrogen) atoms. The van der Waals surface area contributed by atoms with Crippen LogP contribution in [0.2, 0.25) is 0 Å². The summed E-state index contributed by atoms with van der Waals surface area (Å²) in [5.74, 6) is 0.756. The molecule has 3 rings (SSSR count). The van der Waals surface area contributed by atoms with Gasteiger partial charge in [0.15, 0.2) is 0 Å². The number of likely N-dealkylation sites (tertiary alicyclic amines) is 1. The monoisotopic (exact) mass is 267 g/mol. The van der Waals surface area contributed by atoms with Crippen LogP contribution in [-0.2, 0) is 4.79 Å². The lowest BCUT2D eigenvalue weighted by Gasteiger charge is -2.46. The van der Waals surface area contributed by atoms with Crippen LogP contribution in [0, 0.1) is 11.3 Å². The lowest BCUT2D eigenvalue weighted by molar-refractivity contribution is -0.143. The molecular formula is C15H29N3O. The van der Waals surface area contributed by atoms with E-state index < -0.39 is 0 Å². The maximum Gasteiger partial charge on any atom is 0.225 e. The summed E-state index contributed by atoms with van der Waals surface area (Å²) in [6.45, 7) is 10.2. The molecule has 0 atom stereocenters. The van der Waals surface area contributed by atoms with Gasteiger partial charge in [0.2, 0.25) is 5.91 Å². The van der Waals surface area contributed by atoms with Gasteiger partial charge in [-0.3, -0.25) is 4.79 Å². The van der Waals surface area contributed by atoms with E-state index in [9.17, 15) is 4.79 Å². The smallest absolute Gasteiger partial charge is 0.225 e. The number of nitrogens with one attached hydrogen (secondary N) is 1. The van der Waals surface area contributed by atoms with Crippen molar-refractivity contribution in [1.29, 1.82) is 0 Å². The molecule has 0 unspecified atom stereocenters. The van der Waals surface area contributed by atoms with Gasteiger partial charge in [-0.2, -0.15) is 0 Å². The van der Waals surface area contributed by atoms with E-state index in [0.29, 0.717) is 17.2 Å². The van der Waals surface area contributed by atoms with Crippen LogP contribution in [0.3, 0.4) is 0 Å². The Morgan fingerprint density at radius 2 is 1.79 bits per heavy atom. The number of hydrogen-bond acceptors (Lipinski definition) is 3. The summed E-state index contributed by atoms with van der Waals surface area (Å²) >= 11 is 0.